The van der Waals surface area contributed by atoms with Crippen molar-refractivity contribution in [3.63, 3.8) is 0 Å². The average Bonchev–Trinajstić information content (AvgIpc) is 3.35. The van der Waals surface area contributed by atoms with Gasteiger partial charge in [-0.3, -0.25) is 19.2 Å². The molecule has 188 valence electrons. The first-order valence-corrected chi connectivity index (χ1v) is 11.2. The number of hydrogen-bond acceptors (Lipinski definition) is 6. The van der Waals surface area contributed by atoms with Gasteiger partial charge in [0, 0.05) is 11.6 Å². The van der Waals surface area contributed by atoms with E-state index in [1.54, 1.807) is 6.08 Å². The maximum atomic E-state index is 13.4. The lowest BCUT2D eigenvalue weighted by Gasteiger charge is -2.34. The van der Waals surface area contributed by atoms with Crippen LogP contribution in [-0.2, 0) is 25.3 Å². The molecule has 3 heterocycles. The number of benzene rings is 1. The van der Waals surface area contributed by atoms with Crippen LogP contribution in [0.5, 0.6) is 0 Å². The Balaban J connectivity index is 1.47. The smallest absolute Gasteiger partial charge is 0.416 e. The fourth-order valence-electron chi connectivity index (χ4n) is 4.59. The van der Waals surface area contributed by atoms with Gasteiger partial charge in [-0.2, -0.15) is 13.2 Å². The van der Waals surface area contributed by atoms with Crippen molar-refractivity contribution in [2.75, 3.05) is 0 Å². The quantitative estimate of drug-likeness (QED) is 0.427. The summed E-state index contributed by atoms with van der Waals surface area (Å²) in [6.07, 6.45) is -1.04. The number of aliphatic hydroxyl groups is 1. The molecule has 3 aliphatic rings. The third-order valence-electron chi connectivity index (χ3n) is 6.39. The summed E-state index contributed by atoms with van der Waals surface area (Å²) >= 11 is 0. The second-order valence-corrected chi connectivity index (χ2v) is 8.74. The Labute approximate surface area is 198 Å². The molecule has 4 rings (SSSR count). The van der Waals surface area contributed by atoms with Gasteiger partial charge in [-0.15, -0.1) is 0 Å². The van der Waals surface area contributed by atoms with E-state index in [-0.39, 0.29) is 24.4 Å². The Kier molecular flexibility index (Phi) is 6.84. The van der Waals surface area contributed by atoms with Gasteiger partial charge >= 0.3 is 12.1 Å². The number of nitrogens with one attached hydrogen (secondary N) is 2. The molecule has 12 heteroatoms. The van der Waals surface area contributed by atoms with E-state index in [0.717, 1.165) is 24.3 Å². The predicted molar refractivity (Wildman–Crippen MR) is 113 cm³/mol. The van der Waals surface area contributed by atoms with Crippen molar-refractivity contribution in [1.82, 2.24) is 15.5 Å². The minimum atomic E-state index is -4.54. The van der Waals surface area contributed by atoms with E-state index in [4.69, 9.17) is 0 Å². The van der Waals surface area contributed by atoms with Crippen molar-refractivity contribution in [1.29, 1.82) is 0 Å². The van der Waals surface area contributed by atoms with Crippen molar-refractivity contribution in [3.8, 4) is 0 Å². The minimum Gasteiger partial charge on any atom is -0.434 e. The number of esters is 1. The van der Waals surface area contributed by atoms with Gasteiger partial charge in [0.05, 0.1) is 12.0 Å². The molecule has 0 radical (unpaired) electrons. The SMILES string of the molecule is O=C1CC(NC(=O)[C@@H]2CC[C@H]3C/C=C\C[C@H](NC(=O)c4ccc(C(F)(F)F)cc4)C(=O)N32)C(O)O1. The molecular weight excluding hydrogens is 471 g/mol. The van der Waals surface area contributed by atoms with Gasteiger partial charge in [-0.25, -0.2) is 0 Å². The summed E-state index contributed by atoms with van der Waals surface area (Å²) in [6.45, 7) is 0. The third kappa shape index (κ3) is 5.31. The summed E-state index contributed by atoms with van der Waals surface area (Å²) in [4.78, 5) is 51.8. The van der Waals surface area contributed by atoms with Crippen molar-refractivity contribution in [2.24, 2.45) is 0 Å². The Morgan fingerprint density at radius 1 is 1.03 bits per heavy atom. The van der Waals surface area contributed by atoms with Crippen LogP contribution in [0, 0.1) is 0 Å². The Hall–Kier alpha value is -3.41. The van der Waals surface area contributed by atoms with Crippen LogP contribution in [-0.4, -0.2) is 64.2 Å². The molecule has 9 nitrogen and oxygen atoms in total. The molecule has 35 heavy (non-hydrogen) atoms. The summed E-state index contributed by atoms with van der Waals surface area (Å²) in [5.74, 6) is -2.39. The summed E-state index contributed by atoms with van der Waals surface area (Å²) in [7, 11) is 0. The molecule has 3 aliphatic heterocycles. The zero-order valence-electron chi connectivity index (χ0n) is 18.5. The predicted octanol–water partition coefficient (Wildman–Crippen LogP) is 1.26. The summed E-state index contributed by atoms with van der Waals surface area (Å²) < 4.78 is 43.0. The zero-order valence-corrected chi connectivity index (χ0v) is 18.5. The van der Waals surface area contributed by atoms with E-state index in [9.17, 15) is 37.5 Å². The van der Waals surface area contributed by atoms with Crippen LogP contribution in [0.15, 0.2) is 36.4 Å². The lowest BCUT2D eigenvalue weighted by atomic mass is 10.0. The molecule has 2 fully saturated rings. The number of aliphatic hydroxyl groups excluding tert-OH is 1. The van der Waals surface area contributed by atoms with Crippen LogP contribution in [0.3, 0.4) is 0 Å². The fourth-order valence-corrected chi connectivity index (χ4v) is 4.59. The second kappa shape index (κ2) is 9.68. The zero-order chi connectivity index (χ0) is 25.3. The number of carbonyl (C=O) groups excluding carboxylic acids is 4. The normalized spacial score (nSPS) is 29.6. The number of amides is 3. The highest BCUT2D eigenvalue weighted by Gasteiger charge is 2.45. The summed E-state index contributed by atoms with van der Waals surface area (Å²) in [6, 6.07) is 0.543. The number of halogens is 3. The highest BCUT2D eigenvalue weighted by molar-refractivity contribution is 5.98. The van der Waals surface area contributed by atoms with Crippen molar-refractivity contribution < 1.29 is 42.2 Å². The van der Waals surface area contributed by atoms with E-state index in [1.165, 1.54) is 4.90 Å². The monoisotopic (exact) mass is 495 g/mol. The Morgan fingerprint density at radius 3 is 2.34 bits per heavy atom. The number of cyclic esters (lactones) is 1. The van der Waals surface area contributed by atoms with E-state index in [2.05, 4.69) is 15.4 Å². The fraction of sp³-hybridized carbons (Fsp3) is 0.478. The molecule has 5 atom stereocenters. The van der Waals surface area contributed by atoms with Gasteiger partial charge < -0.3 is 25.4 Å². The Bertz CT molecular complexity index is 1040. The van der Waals surface area contributed by atoms with E-state index in [0.29, 0.717) is 19.3 Å². The van der Waals surface area contributed by atoms with E-state index in [1.807, 2.05) is 6.08 Å². The lowest BCUT2D eigenvalue weighted by molar-refractivity contribution is -0.155. The molecule has 0 aromatic heterocycles. The number of carbonyl (C=O) groups is 4. The highest BCUT2D eigenvalue weighted by atomic mass is 19.4. The van der Waals surface area contributed by atoms with Gasteiger partial charge in [-0.05, 0) is 49.9 Å². The van der Waals surface area contributed by atoms with Crippen LogP contribution in [0.25, 0.3) is 0 Å². The molecule has 1 aromatic rings. The van der Waals surface area contributed by atoms with E-state index < -0.39 is 59.8 Å². The van der Waals surface area contributed by atoms with Gasteiger partial charge in [-0.1, -0.05) is 12.2 Å². The van der Waals surface area contributed by atoms with Crippen molar-refractivity contribution >= 4 is 23.7 Å². The molecule has 3 N–H and O–H groups in total. The molecule has 1 aromatic carbocycles. The van der Waals surface area contributed by atoms with Crippen LogP contribution in [0.2, 0.25) is 0 Å². The number of alkyl halides is 3. The molecule has 2 saturated heterocycles. The first kappa shape index (κ1) is 24.7. The number of fused-ring (bicyclic) bond motifs is 1. The van der Waals surface area contributed by atoms with Gasteiger partial charge in [0.15, 0.2) is 0 Å². The van der Waals surface area contributed by atoms with Crippen molar-refractivity contribution in [2.45, 2.75) is 68.7 Å². The number of nitrogens with zero attached hydrogens (tertiary/aromatic N) is 1. The molecule has 0 bridgehead atoms. The van der Waals surface area contributed by atoms with Crippen LogP contribution in [0.4, 0.5) is 13.2 Å². The maximum absolute atomic E-state index is 13.4. The topological polar surface area (TPSA) is 125 Å². The molecule has 0 spiro atoms. The summed E-state index contributed by atoms with van der Waals surface area (Å²) in [5, 5.41) is 14.9. The van der Waals surface area contributed by atoms with Gasteiger partial charge in [0.2, 0.25) is 18.1 Å². The first-order valence-electron chi connectivity index (χ1n) is 11.2. The van der Waals surface area contributed by atoms with Crippen LogP contribution < -0.4 is 10.6 Å². The number of ether oxygens (including phenoxy) is 1. The molecule has 2 unspecified atom stereocenters. The van der Waals surface area contributed by atoms with Crippen LogP contribution >= 0.6 is 0 Å². The minimum absolute atomic E-state index is 0.0380. The molecule has 0 aliphatic carbocycles. The average molecular weight is 495 g/mol. The number of rotatable bonds is 4. The molecule has 3 amide bonds. The van der Waals surface area contributed by atoms with E-state index >= 15 is 0 Å². The van der Waals surface area contributed by atoms with Gasteiger partial charge in [0.1, 0.15) is 18.1 Å². The molecular formula is C23H24F3N3O6. The standard InChI is InChI=1S/C23H24F3N3O6/c24-23(25,26)13-7-5-12(6-8-13)19(31)27-15-4-2-1-3-14-9-10-17(29(14)21(15)33)20(32)28-16-11-18(30)35-22(16)34/h1-2,5-8,14-17,22,34H,3-4,9-11H2,(H,27,31)(H,28,32)/b2-1-/t14-,15+,16?,17+,22?/m1/s1. The maximum Gasteiger partial charge on any atom is 0.416 e. The molecule has 0 saturated carbocycles. The lowest BCUT2D eigenvalue weighted by Crippen LogP contribution is -2.57. The summed E-state index contributed by atoms with van der Waals surface area (Å²) in [5.41, 5.74) is -0.934. The van der Waals surface area contributed by atoms with Crippen LogP contribution in [0.1, 0.15) is 48.0 Å². The third-order valence-corrected chi connectivity index (χ3v) is 6.39. The number of hydrogen-bond donors (Lipinski definition) is 3. The highest BCUT2D eigenvalue weighted by Crippen LogP contribution is 2.31. The van der Waals surface area contributed by atoms with Crippen molar-refractivity contribution in [3.05, 3.63) is 47.5 Å². The first-order chi connectivity index (χ1) is 16.5. The largest absolute Gasteiger partial charge is 0.434 e. The van der Waals surface area contributed by atoms with Gasteiger partial charge in [0.25, 0.3) is 5.91 Å². The second-order valence-electron chi connectivity index (χ2n) is 8.74. The Morgan fingerprint density at radius 2 is 1.71 bits per heavy atom.